The molecule has 0 aliphatic rings. The van der Waals surface area contributed by atoms with Gasteiger partial charge in [0.25, 0.3) is 0 Å². The van der Waals surface area contributed by atoms with Crippen molar-refractivity contribution in [3.63, 3.8) is 0 Å². The first kappa shape index (κ1) is 30.0. The minimum absolute atomic E-state index is 0.0169. The molecule has 190 valence electrons. The lowest BCUT2D eigenvalue weighted by atomic mass is 9.98. The number of aliphatic hydroxyl groups is 1. The molecule has 7 nitrogen and oxygen atoms in total. The molecular formula is C27H33ClO7. The molecule has 0 bridgehead atoms. The third-order valence-electron chi connectivity index (χ3n) is 4.45. The van der Waals surface area contributed by atoms with Crippen molar-refractivity contribution in [2.75, 3.05) is 26.4 Å². The quantitative estimate of drug-likeness (QED) is 0.177. The summed E-state index contributed by atoms with van der Waals surface area (Å²) in [5.41, 5.74) is 0.702. The number of ketones is 1. The highest BCUT2D eigenvalue weighted by Gasteiger charge is 2.20. The Hall–Kier alpha value is -3.00. The van der Waals surface area contributed by atoms with Gasteiger partial charge < -0.3 is 19.3 Å². The largest absolute Gasteiger partial charge is 0.463 e. The predicted octanol–water partition coefficient (Wildman–Crippen LogP) is 5.03. The normalized spacial score (nSPS) is 11.3. The van der Waals surface area contributed by atoms with Gasteiger partial charge in [-0.1, -0.05) is 49.7 Å². The summed E-state index contributed by atoms with van der Waals surface area (Å²) < 4.78 is 15.5. The molecule has 0 amide bonds. The highest BCUT2D eigenvalue weighted by atomic mass is 35.5. The first-order valence-electron chi connectivity index (χ1n) is 11.5. The fourth-order valence-electron chi connectivity index (χ4n) is 2.80. The maximum absolute atomic E-state index is 12.8. The van der Waals surface area contributed by atoms with Crippen molar-refractivity contribution in [3.05, 3.63) is 82.4 Å². The second kappa shape index (κ2) is 17.4. The molecule has 0 aliphatic heterocycles. The van der Waals surface area contributed by atoms with E-state index in [4.69, 9.17) is 25.8 Å². The van der Waals surface area contributed by atoms with Crippen LogP contribution in [0.15, 0.2) is 60.7 Å². The van der Waals surface area contributed by atoms with Crippen LogP contribution in [-0.4, -0.2) is 55.4 Å². The summed E-state index contributed by atoms with van der Waals surface area (Å²) in [6.07, 6.45) is 3.22. The Morgan fingerprint density at radius 1 is 0.914 bits per heavy atom. The van der Waals surface area contributed by atoms with Crippen LogP contribution in [0.4, 0.5) is 0 Å². The minimum atomic E-state index is -1.01. The molecule has 0 radical (unpaired) electrons. The number of aliphatic hydroxyl groups excluding tert-OH is 1. The van der Waals surface area contributed by atoms with Gasteiger partial charge >= 0.3 is 11.9 Å². The molecule has 0 fully saturated rings. The van der Waals surface area contributed by atoms with Gasteiger partial charge in [-0.15, -0.1) is 0 Å². The molecule has 35 heavy (non-hydrogen) atoms. The van der Waals surface area contributed by atoms with Crippen LogP contribution in [-0.2, 0) is 19.0 Å². The van der Waals surface area contributed by atoms with Gasteiger partial charge in [-0.05, 0) is 50.1 Å². The third kappa shape index (κ3) is 11.3. The average molecular weight is 505 g/mol. The Morgan fingerprint density at radius 2 is 1.54 bits per heavy atom. The third-order valence-corrected chi connectivity index (χ3v) is 4.70. The van der Waals surface area contributed by atoms with Gasteiger partial charge in [-0.2, -0.15) is 0 Å². The van der Waals surface area contributed by atoms with E-state index in [1.165, 1.54) is 12.1 Å². The Balaban J connectivity index is 0.00000298. The van der Waals surface area contributed by atoms with E-state index in [0.29, 0.717) is 36.6 Å². The molecule has 2 aromatic rings. The van der Waals surface area contributed by atoms with Crippen molar-refractivity contribution in [2.24, 2.45) is 0 Å². The van der Waals surface area contributed by atoms with Crippen LogP contribution in [0.1, 0.15) is 59.9 Å². The molecule has 0 aliphatic carbocycles. The van der Waals surface area contributed by atoms with Gasteiger partial charge in [-0.3, -0.25) is 4.79 Å². The number of rotatable bonds is 13. The topological polar surface area (TPSA) is 99.1 Å². The second-order valence-corrected chi connectivity index (χ2v) is 7.52. The van der Waals surface area contributed by atoms with E-state index < -0.39 is 12.1 Å². The predicted molar refractivity (Wildman–Crippen MR) is 135 cm³/mol. The summed E-state index contributed by atoms with van der Waals surface area (Å²) in [6.45, 7) is 6.10. The Bertz CT molecular complexity index is 954. The molecule has 0 aromatic heterocycles. The zero-order chi connectivity index (χ0) is 26.1. The molecule has 2 aromatic carbocycles. The van der Waals surface area contributed by atoms with Crippen molar-refractivity contribution in [1.82, 2.24) is 0 Å². The number of carbonyl (C=O) groups is 3. The number of benzene rings is 2. The van der Waals surface area contributed by atoms with Gasteiger partial charge in [0.2, 0.25) is 0 Å². The number of ether oxygens (including phenoxy) is 3. The Labute approximate surface area is 211 Å². The fraction of sp³-hybridized carbons (Fsp3) is 0.370. The lowest BCUT2D eigenvalue weighted by Gasteiger charge is -2.13. The number of unbranched alkanes of at least 4 members (excludes halogenated alkanes) is 1. The van der Waals surface area contributed by atoms with E-state index in [0.717, 1.165) is 0 Å². The number of halogens is 1. The van der Waals surface area contributed by atoms with Crippen LogP contribution < -0.4 is 0 Å². The molecule has 1 unspecified atom stereocenters. The number of hydrogen-bond acceptors (Lipinski definition) is 7. The summed E-state index contributed by atoms with van der Waals surface area (Å²) in [5.74, 6) is -1.43. The maximum Gasteiger partial charge on any atom is 0.338 e. The summed E-state index contributed by atoms with van der Waals surface area (Å²) in [5, 5.41) is 10.5. The summed E-state index contributed by atoms with van der Waals surface area (Å²) in [6, 6.07) is 12.7. The highest BCUT2D eigenvalue weighted by molar-refractivity contribution is 6.30. The van der Waals surface area contributed by atoms with E-state index in [9.17, 15) is 19.5 Å². The number of hydrogen-bond donors (Lipinski definition) is 1. The lowest BCUT2D eigenvalue weighted by molar-refractivity contribution is -0.137. The molecule has 8 heteroatoms. The molecule has 1 atom stereocenters. The molecule has 1 N–H and O–H groups in total. The first-order valence-corrected chi connectivity index (χ1v) is 11.9. The fourth-order valence-corrected chi connectivity index (χ4v) is 2.92. The van der Waals surface area contributed by atoms with Crippen LogP contribution in [0, 0.1) is 0 Å². The minimum Gasteiger partial charge on any atom is -0.463 e. The smallest absolute Gasteiger partial charge is 0.338 e. The van der Waals surface area contributed by atoms with Crippen LogP contribution in [0.2, 0.25) is 5.02 Å². The van der Waals surface area contributed by atoms with E-state index in [-0.39, 0.29) is 36.1 Å². The van der Waals surface area contributed by atoms with Crippen LogP contribution in [0.5, 0.6) is 0 Å². The van der Waals surface area contributed by atoms with Crippen molar-refractivity contribution in [2.45, 2.75) is 39.7 Å². The molecule has 2 rings (SSSR count). The van der Waals surface area contributed by atoms with Crippen LogP contribution in [0.25, 0.3) is 0 Å². The SMILES string of the molecule is CC.CC=CC(=O)OCCCCOCC(O)COC(=O)c1ccccc1C(=O)c1ccc(Cl)cc1. The van der Waals surface area contributed by atoms with E-state index in [2.05, 4.69) is 0 Å². The zero-order valence-corrected chi connectivity index (χ0v) is 21.1. The van der Waals surface area contributed by atoms with Crippen molar-refractivity contribution >= 4 is 29.3 Å². The monoisotopic (exact) mass is 504 g/mol. The van der Waals surface area contributed by atoms with E-state index >= 15 is 0 Å². The average Bonchev–Trinajstić information content (AvgIpc) is 2.88. The summed E-state index contributed by atoms with van der Waals surface area (Å²) in [4.78, 5) is 36.5. The second-order valence-electron chi connectivity index (χ2n) is 7.08. The molecule has 0 spiro atoms. The standard InChI is InChI=1S/C25H27ClO7.C2H6/c1-2-7-23(28)32-15-6-5-14-31-16-20(27)17-33-25(30)22-9-4-3-8-21(22)24(29)18-10-12-19(26)13-11-18;1-2/h2-4,7-13,20,27H,5-6,14-17H2,1H3;1-2H3. The number of esters is 2. The molecular weight excluding hydrogens is 472 g/mol. The zero-order valence-electron chi connectivity index (χ0n) is 20.4. The van der Waals surface area contributed by atoms with Gasteiger partial charge in [0, 0.05) is 28.8 Å². The first-order chi connectivity index (χ1) is 16.9. The van der Waals surface area contributed by atoms with E-state index in [1.807, 2.05) is 13.8 Å². The van der Waals surface area contributed by atoms with Crippen LogP contribution in [0.3, 0.4) is 0 Å². The van der Waals surface area contributed by atoms with Gasteiger partial charge in [-0.25, -0.2) is 9.59 Å². The van der Waals surface area contributed by atoms with Crippen molar-refractivity contribution in [3.8, 4) is 0 Å². The summed E-state index contributed by atoms with van der Waals surface area (Å²) >= 11 is 5.87. The Morgan fingerprint density at radius 3 is 2.20 bits per heavy atom. The molecule has 0 saturated heterocycles. The lowest BCUT2D eigenvalue weighted by Crippen LogP contribution is -2.24. The number of allylic oxidation sites excluding steroid dienone is 1. The highest BCUT2D eigenvalue weighted by Crippen LogP contribution is 2.18. The number of carbonyl (C=O) groups excluding carboxylic acids is 3. The molecule has 0 heterocycles. The van der Waals surface area contributed by atoms with E-state index in [1.54, 1.807) is 55.5 Å². The van der Waals surface area contributed by atoms with Gasteiger partial charge in [0.15, 0.2) is 5.78 Å². The maximum atomic E-state index is 12.8. The van der Waals surface area contributed by atoms with Gasteiger partial charge in [0.05, 0.1) is 18.8 Å². The Kier molecular flexibility index (Phi) is 15.0. The summed E-state index contributed by atoms with van der Waals surface area (Å²) in [7, 11) is 0. The van der Waals surface area contributed by atoms with Gasteiger partial charge in [0.1, 0.15) is 12.7 Å². The van der Waals surface area contributed by atoms with Crippen LogP contribution >= 0.6 is 11.6 Å². The van der Waals surface area contributed by atoms with Crippen molar-refractivity contribution < 1.29 is 33.7 Å². The van der Waals surface area contributed by atoms with Crippen molar-refractivity contribution in [1.29, 1.82) is 0 Å². The molecule has 0 saturated carbocycles.